The highest BCUT2D eigenvalue weighted by molar-refractivity contribution is 9.10. The molecule has 0 bridgehead atoms. The first-order valence-corrected chi connectivity index (χ1v) is 6.18. The molecule has 94 valence electrons. The van der Waals surface area contributed by atoms with Crippen molar-refractivity contribution in [2.75, 3.05) is 4.90 Å². The first-order chi connectivity index (χ1) is 9.09. The molecule has 0 fully saturated rings. The number of halogens is 2. The lowest BCUT2D eigenvalue weighted by molar-refractivity contribution is 0.0924. The number of rotatable bonds is 1. The Morgan fingerprint density at radius 2 is 1.95 bits per heavy atom. The maximum absolute atomic E-state index is 13.3. The van der Waals surface area contributed by atoms with Crippen molar-refractivity contribution in [2.24, 2.45) is 0 Å². The highest BCUT2D eigenvalue weighted by Gasteiger charge is 2.38. The molecular weight excluding hydrogens is 315 g/mol. The first kappa shape index (κ1) is 12.0. The van der Waals surface area contributed by atoms with E-state index in [0.29, 0.717) is 4.47 Å². The van der Waals surface area contributed by atoms with Crippen LogP contribution in [0.15, 0.2) is 41.0 Å². The molecule has 2 amide bonds. The molecule has 0 saturated carbocycles. The van der Waals surface area contributed by atoms with Gasteiger partial charge in [-0.2, -0.15) is 0 Å². The molecule has 0 spiro atoms. The van der Waals surface area contributed by atoms with Crippen LogP contribution in [-0.4, -0.2) is 16.8 Å². The highest BCUT2D eigenvalue weighted by Crippen LogP contribution is 2.33. The fourth-order valence-corrected chi connectivity index (χ4v) is 2.37. The second kappa shape index (κ2) is 4.24. The van der Waals surface area contributed by atoms with E-state index in [9.17, 15) is 14.0 Å². The summed E-state index contributed by atoms with van der Waals surface area (Å²) in [6.07, 6.45) is 1.44. The van der Waals surface area contributed by atoms with Crippen LogP contribution in [0.5, 0.6) is 0 Å². The molecule has 0 radical (unpaired) electrons. The lowest BCUT2D eigenvalue weighted by Crippen LogP contribution is -2.29. The largest absolute Gasteiger partial charge is 0.284 e. The van der Waals surface area contributed by atoms with Crippen molar-refractivity contribution in [1.29, 1.82) is 0 Å². The molecule has 2 heterocycles. The monoisotopic (exact) mass is 320 g/mol. The zero-order valence-corrected chi connectivity index (χ0v) is 11.0. The van der Waals surface area contributed by atoms with Crippen LogP contribution in [0.2, 0.25) is 0 Å². The molecule has 3 rings (SSSR count). The fraction of sp³-hybridized carbons (Fsp3) is 0. The quantitative estimate of drug-likeness (QED) is 0.759. The van der Waals surface area contributed by atoms with Crippen molar-refractivity contribution in [2.45, 2.75) is 0 Å². The third-order valence-electron chi connectivity index (χ3n) is 2.80. The number of imide groups is 1. The Balaban J connectivity index is 2.17. The number of hydrogen-bond acceptors (Lipinski definition) is 3. The van der Waals surface area contributed by atoms with Crippen LogP contribution in [0, 0.1) is 5.82 Å². The van der Waals surface area contributed by atoms with Crippen molar-refractivity contribution < 1.29 is 14.0 Å². The standard InChI is InChI=1S/C13H6BrFN2O2/c14-9-4-3-7(15)6-10(9)17-12(18)8-2-1-5-16-11(8)13(17)19/h1-6H. The SMILES string of the molecule is O=C1c2cccnc2C(=O)N1c1cc(F)ccc1Br. The van der Waals surface area contributed by atoms with E-state index >= 15 is 0 Å². The molecule has 1 aliphatic heterocycles. The minimum absolute atomic E-state index is 0.0867. The molecular formula is C13H6BrFN2O2. The molecule has 6 heteroatoms. The summed E-state index contributed by atoms with van der Waals surface area (Å²) in [5.41, 5.74) is 0.486. The van der Waals surface area contributed by atoms with Gasteiger partial charge in [0.2, 0.25) is 0 Å². The maximum atomic E-state index is 13.3. The minimum atomic E-state index is -0.549. The van der Waals surface area contributed by atoms with E-state index in [4.69, 9.17) is 0 Å². The van der Waals surface area contributed by atoms with Gasteiger partial charge in [-0.3, -0.25) is 14.6 Å². The van der Waals surface area contributed by atoms with Crippen LogP contribution < -0.4 is 4.90 Å². The van der Waals surface area contributed by atoms with Gasteiger partial charge < -0.3 is 0 Å². The molecule has 0 unspecified atom stereocenters. The number of nitrogens with zero attached hydrogens (tertiary/aromatic N) is 2. The summed E-state index contributed by atoms with van der Waals surface area (Å²) in [5.74, 6) is -1.57. The molecule has 0 N–H and O–H groups in total. The van der Waals surface area contributed by atoms with E-state index in [1.165, 1.54) is 24.4 Å². The molecule has 1 aromatic carbocycles. The number of pyridine rings is 1. The Morgan fingerprint density at radius 1 is 1.16 bits per heavy atom. The van der Waals surface area contributed by atoms with Crippen LogP contribution in [0.3, 0.4) is 0 Å². The topological polar surface area (TPSA) is 50.3 Å². The summed E-state index contributed by atoms with van der Waals surface area (Å²) in [7, 11) is 0. The molecule has 0 aliphatic carbocycles. The van der Waals surface area contributed by atoms with Gasteiger partial charge in [-0.15, -0.1) is 0 Å². The lowest BCUT2D eigenvalue weighted by Gasteiger charge is -2.15. The van der Waals surface area contributed by atoms with Crippen LogP contribution in [0.25, 0.3) is 0 Å². The van der Waals surface area contributed by atoms with Gasteiger partial charge >= 0.3 is 0 Å². The highest BCUT2D eigenvalue weighted by atomic mass is 79.9. The van der Waals surface area contributed by atoms with E-state index in [0.717, 1.165) is 11.0 Å². The van der Waals surface area contributed by atoms with E-state index in [1.807, 2.05) is 0 Å². The normalized spacial score (nSPS) is 13.9. The van der Waals surface area contributed by atoms with Gasteiger partial charge in [0.25, 0.3) is 11.8 Å². The smallest absolute Gasteiger partial charge is 0.268 e. The molecule has 0 saturated heterocycles. The predicted molar refractivity (Wildman–Crippen MR) is 69.5 cm³/mol. The molecule has 2 aromatic rings. The summed E-state index contributed by atoms with van der Waals surface area (Å²) >= 11 is 3.21. The van der Waals surface area contributed by atoms with Gasteiger partial charge in [-0.1, -0.05) is 0 Å². The van der Waals surface area contributed by atoms with Crippen molar-refractivity contribution in [3.8, 4) is 0 Å². The number of aromatic nitrogens is 1. The van der Waals surface area contributed by atoms with E-state index in [1.54, 1.807) is 6.07 Å². The summed E-state index contributed by atoms with van der Waals surface area (Å²) in [6, 6.07) is 6.92. The van der Waals surface area contributed by atoms with Crippen LogP contribution in [0.4, 0.5) is 10.1 Å². The number of hydrogen-bond donors (Lipinski definition) is 0. The Morgan fingerprint density at radius 3 is 2.68 bits per heavy atom. The van der Waals surface area contributed by atoms with Crippen molar-refractivity contribution >= 4 is 33.4 Å². The zero-order chi connectivity index (χ0) is 13.6. The van der Waals surface area contributed by atoms with E-state index < -0.39 is 17.6 Å². The fourth-order valence-electron chi connectivity index (χ4n) is 1.94. The van der Waals surface area contributed by atoms with Crippen LogP contribution >= 0.6 is 15.9 Å². The van der Waals surface area contributed by atoms with Gasteiger partial charge in [-0.05, 0) is 46.3 Å². The second-order valence-corrected chi connectivity index (χ2v) is 4.80. The number of amides is 2. The number of anilines is 1. The average molecular weight is 321 g/mol. The van der Waals surface area contributed by atoms with E-state index in [2.05, 4.69) is 20.9 Å². The van der Waals surface area contributed by atoms with Gasteiger partial charge in [0, 0.05) is 10.7 Å². The Kier molecular flexibility index (Phi) is 2.67. The average Bonchev–Trinajstić information content (AvgIpc) is 2.66. The summed E-state index contributed by atoms with van der Waals surface area (Å²) in [5, 5.41) is 0. The van der Waals surface area contributed by atoms with Crippen molar-refractivity contribution in [3.05, 3.63) is 58.1 Å². The van der Waals surface area contributed by atoms with Gasteiger partial charge in [0.05, 0.1) is 11.3 Å². The summed E-state index contributed by atoms with van der Waals surface area (Å²) < 4.78 is 13.8. The minimum Gasteiger partial charge on any atom is -0.268 e. The van der Waals surface area contributed by atoms with Crippen LogP contribution in [-0.2, 0) is 0 Å². The Labute approximate surface area is 116 Å². The number of carbonyl (C=O) groups excluding carboxylic acids is 2. The Bertz CT molecular complexity index is 683. The van der Waals surface area contributed by atoms with Crippen LogP contribution in [0.1, 0.15) is 20.8 Å². The third-order valence-corrected chi connectivity index (χ3v) is 3.47. The zero-order valence-electron chi connectivity index (χ0n) is 9.43. The number of fused-ring (bicyclic) bond motifs is 1. The van der Waals surface area contributed by atoms with Gasteiger partial charge in [0.1, 0.15) is 11.5 Å². The first-order valence-electron chi connectivity index (χ1n) is 5.38. The lowest BCUT2D eigenvalue weighted by atomic mass is 10.2. The predicted octanol–water partition coefficient (Wildman–Crippen LogP) is 2.78. The van der Waals surface area contributed by atoms with Crippen molar-refractivity contribution in [1.82, 2.24) is 4.98 Å². The third kappa shape index (κ3) is 1.76. The Hall–Kier alpha value is -2.08. The van der Waals surface area contributed by atoms with Gasteiger partial charge in [0.15, 0.2) is 0 Å². The van der Waals surface area contributed by atoms with E-state index in [-0.39, 0.29) is 16.9 Å². The molecule has 19 heavy (non-hydrogen) atoms. The number of carbonyl (C=O) groups is 2. The summed E-state index contributed by atoms with van der Waals surface area (Å²) in [6.45, 7) is 0. The van der Waals surface area contributed by atoms with Gasteiger partial charge in [-0.25, -0.2) is 9.29 Å². The molecule has 1 aromatic heterocycles. The second-order valence-electron chi connectivity index (χ2n) is 3.94. The molecule has 1 aliphatic rings. The summed E-state index contributed by atoms with van der Waals surface area (Å²) in [4.78, 5) is 29.2. The molecule has 4 nitrogen and oxygen atoms in total. The maximum Gasteiger partial charge on any atom is 0.284 e. The molecule has 0 atom stereocenters. The van der Waals surface area contributed by atoms with Crippen molar-refractivity contribution in [3.63, 3.8) is 0 Å². The number of benzene rings is 1.